The van der Waals surface area contributed by atoms with Gasteiger partial charge in [-0.25, -0.2) is 0 Å². The quantitative estimate of drug-likeness (QED) is 0.640. The molecule has 0 aromatic carbocycles. The van der Waals surface area contributed by atoms with Gasteiger partial charge < -0.3 is 0 Å². The van der Waals surface area contributed by atoms with Crippen molar-refractivity contribution in [3.05, 3.63) is 0 Å². The van der Waals surface area contributed by atoms with Gasteiger partial charge >= 0.3 is 0 Å². The first-order valence-electron chi connectivity index (χ1n) is 7.05. The van der Waals surface area contributed by atoms with Crippen molar-refractivity contribution in [2.24, 2.45) is 11.3 Å². The summed E-state index contributed by atoms with van der Waals surface area (Å²) in [6.45, 7) is 14.6. The minimum atomic E-state index is 0.283. The van der Waals surface area contributed by atoms with Crippen LogP contribution in [0, 0.1) is 11.3 Å². The van der Waals surface area contributed by atoms with Crippen LogP contribution in [0.2, 0.25) is 0 Å². The van der Waals surface area contributed by atoms with Gasteiger partial charge in [-0.15, -0.1) is 0 Å². The highest BCUT2D eigenvalue weighted by atomic mass is 15.3. The van der Waals surface area contributed by atoms with E-state index in [9.17, 15) is 0 Å². The average molecular weight is 238 g/mol. The molecule has 2 bridgehead atoms. The van der Waals surface area contributed by atoms with E-state index in [0.29, 0.717) is 29.5 Å². The summed E-state index contributed by atoms with van der Waals surface area (Å²) in [5.41, 5.74) is 0.733. The molecule has 0 spiro atoms. The molecule has 0 saturated carbocycles. The van der Waals surface area contributed by atoms with Crippen molar-refractivity contribution in [2.45, 2.75) is 71.6 Å². The number of nitrogens with zero attached hydrogens (tertiary/aromatic N) is 2. The lowest BCUT2D eigenvalue weighted by Gasteiger charge is -2.48. The fraction of sp³-hybridized carbons (Fsp3) is 1.00. The summed E-state index contributed by atoms with van der Waals surface area (Å²) >= 11 is 0. The summed E-state index contributed by atoms with van der Waals surface area (Å²) in [5, 5.41) is 0. The third kappa shape index (κ3) is 1.67. The lowest BCUT2D eigenvalue weighted by Crippen LogP contribution is -2.55. The Labute approximate surface area is 107 Å². The molecule has 100 valence electrons. The summed E-state index contributed by atoms with van der Waals surface area (Å²) in [6.07, 6.45) is 1.33. The Hall–Kier alpha value is -0.0800. The Morgan fingerprint density at radius 1 is 1.00 bits per heavy atom. The van der Waals surface area contributed by atoms with Crippen LogP contribution in [0.25, 0.3) is 0 Å². The van der Waals surface area contributed by atoms with Crippen LogP contribution in [0.15, 0.2) is 0 Å². The molecule has 2 heteroatoms. The first-order chi connectivity index (χ1) is 7.60. The lowest BCUT2D eigenvalue weighted by atomic mass is 9.69. The maximum Gasteiger partial charge on any atom is 0.0254 e. The number of likely N-dealkylation sites (N-methyl/N-ethyl adjacent to an activating group) is 2. The van der Waals surface area contributed by atoms with E-state index in [-0.39, 0.29) is 5.54 Å². The largest absolute Gasteiger partial charge is 0.298 e. The van der Waals surface area contributed by atoms with E-state index in [0.717, 1.165) is 0 Å². The molecule has 4 unspecified atom stereocenters. The van der Waals surface area contributed by atoms with E-state index in [1.807, 2.05) is 0 Å². The van der Waals surface area contributed by atoms with Crippen LogP contribution in [-0.2, 0) is 0 Å². The molecule has 2 nitrogen and oxygen atoms in total. The molecule has 4 atom stereocenters. The summed E-state index contributed by atoms with van der Waals surface area (Å²) in [4.78, 5) is 5.27. The molecular formula is C15H30N2. The molecule has 0 N–H and O–H groups in total. The van der Waals surface area contributed by atoms with Gasteiger partial charge in [0.25, 0.3) is 0 Å². The predicted octanol–water partition coefficient (Wildman–Crippen LogP) is 2.83. The highest BCUT2D eigenvalue weighted by molar-refractivity contribution is 5.11. The maximum absolute atomic E-state index is 2.67. The van der Waals surface area contributed by atoms with Gasteiger partial charge in [0, 0.05) is 23.7 Å². The maximum atomic E-state index is 2.67. The molecule has 2 fully saturated rings. The van der Waals surface area contributed by atoms with Crippen molar-refractivity contribution in [2.75, 3.05) is 14.1 Å². The van der Waals surface area contributed by atoms with Crippen LogP contribution < -0.4 is 0 Å². The number of fused-ring (bicyclic) bond motifs is 2. The number of hydrogen-bond acceptors (Lipinski definition) is 2. The van der Waals surface area contributed by atoms with Crippen LogP contribution in [0.1, 0.15) is 48.0 Å². The lowest BCUT2D eigenvalue weighted by molar-refractivity contribution is 0.0273. The van der Waals surface area contributed by atoms with Gasteiger partial charge in [0.05, 0.1) is 0 Å². The van der Waals surface area contributed by atoms with Gasteiger partial charge in [0.15, 0.2) is 0 Å². The van der Waals surface area contributed by atoms with Crippen LogP contribution >= 0.6 is 0 Å². The van der Waals surface area contributed by atoms with Crippen molar-refractivity contribution in [1.29, 1.82) is 0 Å². The third-order valence-electron chi connectivity index (χ3n) is 6.16. The molecule has 2 saturated heterocycles. The SMILES string of the molecule is CC1C2CC(C)(C)C(C(C)C(C)(C)N1C)N2C. The average Bonchev–Trinajstić information content (AvgIpc) is 2.43. The van der Waals surface area contributed by atoms with Crippen LogP contribution in [0.3, 0.4) is 0 Å². The second-order valence-electron chi connectivity index (χ2n) is 7.66. The summed E-state index contributed by atoms with van der Waals surface area (Å²) < 4.78 is 0. The topological polar surface area (TPSA) is 6.48 Å². The van der Waals surface area contributed by atoms with Crippen LogP contribution in [0.4, 0.5) is 0 Å². The van der Waals surface area contributed by atoms with E-state index in [2.05, 4.69) is 65.4 Å². The molecule has 0 aromatic heterocycles. The predicted molar refractivity (Wildman–Crippen MR) is 74.2 cm³/mol. The second-order valence-corrected chi connectivity index (χ2v) is 7.66. The minimum Gasteiger partial charge on any atom is -0.298 e. The Balaban J connectivity index is 2.48. The fourth-order valence-corrected chi connectivity index (χ4v) is 4.59. The summed E-state index contributed by atoms with van der Waals surface area (Å²) in [6, 6.07) is 2.06. The first-order valence-corrected chi connectivity index (χ1v) is 7.05. The monoisotopic (exact) mass is 238 g/mol. The number of hydrogen-bond donors (Lipinski definition) is 0. The smallest absolute Gasteiger partial charge is 0.0254 e. The Kier molecular flexibility index (Phi) is 2.91. The summed E-state index contributed by atoms with van der Waals surface area (Å²) in [5.74, 6) is 0.697. The molecule has 17 heavy (non-hydrogen) atoms. The van der Waals surface area contributed by atoms with E-state index in [4.69, 9.17) is 0 Å². The number of likely N-dealkylation sites (tertiary alicyclic amines) is 1. The van der Waals surface area contributed by atoms with Gasteiger partial charge in [-0.3, -0.25) is 9.80 Å². The first kappa shape index (κ1) is 13.4. The van der Waals surface area contributed by atoms with Crippen LogP contribution in [0.5, 0.6) is 0 Å². The van der Waals surface area contributed by atoms with Gasteiger partial charge in [0.1, 0.15) is 0 Å². The van der Waals surface area contributed by atoms with E-state index in [1.165, 1.54) is 6.42 Å². The standard InChI is InChI=1S/C15H30N2/c1-10-13-14(3,4)9-12(16(13)7)11(2)17(8)15(10,5)6/h10-13H,9H2,1-8H3. The fourth-order valence-electron chi connectivity index (χ4n) is 4.59. The zero-order valence-electron chi connectivity index (χ0n) is 12.9. The van der Waals surface area contributed by atoms with Crippen molar-refractivity contribution < 1.29 is 0 Å². The van der Waals surface area contributed by atoms with Crippen molar-refractivity contribution in [3.8, 4) is 0 Å². The molecular weight excluding hydrogens is 208 g/mol. The Morgan fingerprint density at radius 3 is 2.06 bits per heavy atom. The van der Waals surface area contributed by atoms with Crippen molar-refractivity contribution in [1.82, 2.24) is 9.80 Å². The molecule has 0 radical (unpaired) electrons. The second kappa shape index (κ2) is 3.71. The van der Waals surface area contributed by atoms with Crippen molar-refractivity contribution in [3.63, 3.8) is 0 Å². The molecule has 0 amide bonds. The van der Waals surface area contributed by atoms with E-state index >= 15 is 0 Å². The Bertz CT molecular complexity index is 304. The highest BCUT2D eigenvalue weighted by Crippen LogP contribution is 2.50. The summed E-state index contributed by atoms with van der Waals surface area (Å²) in [7, 11) is 4.65. The molecule has 0 aliphatic carbocycles. The van der Waals surface area contributed by atoms with Gasteiger partial charge in [-0.05, 0) is 52.6 Å². The van der Waals surface area contributed by atoms with Gasteiger partial charge in [-0.2, -0.15) is 0 Å². The molecule has 2 heterocycles. The van der Waals surface area contributed by atoms with Gasteiger partial charge in [-0.1, -0.05) is 20.8 Å². The normalized spacial score (nSPS) is 45.9. The molecule has 0 aromatic rings. The molecule has 2 aliphatic rings. The van der Waals surface area contributed by atoms with Crippen molar-refractivity contribution >= 4 is 0 Å². The molecule has 2 aliphatic heterocycles. The third-order valence-corrected chi connectivity index (χ3v) is 6.16. The highest BCUT2D eigenvalue weighted by Gasteiger charge is 2.56. The molecule has 2 rings (SSSR count). The minimum absolute atomic E-state index is 0.283. The van der Waals surface area contributed by atoms with Crippen LogP contribution in [-0.4, -0.2) is 47.6 Å². The zero-order chi connectivity index (χ0) is 13.2. The number of rotatable bonds is 0. The van der Waals surface area contributed by atoms with E-state index < -0.39 is 0 Å². The Morgan fingerprint density at radius 2 is 1.53 bits per heavy atom. The van der Waals surface area contributed by atoms with E-state index in [1.54, 1.807) is 0 Å². The zero-order valence-corrected chi connectivity index (χ0v) is 12.9. The van der Waals surface area contributed by atoms with Gasteiger partial charge in [0.2, 0.25) is 0 Å².